The highest BCUT2D eigenvalue weighted by atomic mass is 15.3. The van der Waals surface area contributed by atoms with Crippen LogP contribution in [0, 0.1) is 11.3 Å². The Hall–Kier alpha value is -0.830. The molecule has 2 atom stereocenters. The van der Waals surface area contributed by atoms with Crippen LogP contribution in [0.25, 0.3) is 0 Å². The summed E-state index contributed by atoms with van der Waals surface area (Å²) in [5, 5.41) is 8.10. The number of nitrogens with one attached hydrogen (secondary N) is 1. The van der Waals surface area contributed by atoms with E-state index in [1.807, 2.05) is 0 Å². The average Bonchev–Trinajstić information content (AvgIpc) is 2.75. The third-order valence-corrected chi connectivity index (χ3v) is 3.94. The van der Waals surface area contributed by atoms with Crippen LogP contribution in [-0.2, 0) is 6.54 Å². The van der Waals surface area contributed by atoms with Gasteiger partial charge in [0.25, 0.3) is 0 Å². The largest absolute Gasteiger partial charge is 0.311 e. The first-order chi connectivity index (χ1) is 8.34. The molecule has 0 amide bonds. The van der Waals surface area contributed by atoms with E-state index < -0.39 is 0 Å². The maximum atomic E-state index is 4.59. The molecule has 0 bridgehead atoms. The van der Waals surface area contributed by atoms with E-state index in [0.717, 1.165) is 25.2 Å². The van der Waals surface area contributed by atoms with Gasteiger partial charge in [-0.1, -0.05) is 34.6 Å². The Labute approximate surface area is 112 Å². The fourth-order valence-corrected chi connectivity index (χ4v) is 1.63. The maximum absolute atomic E-state index is 4.59. The SMILES string of the molecule is CCC(C)n1ccc(CNCC(C)C(C)(C)C)n1. The van der Waals surface area contributed by atoms with Gasteiger partial charge in [-0.2, -0.15) is 5.10 Å². The second-order valence-corrected chi connectivity index (χ2v) is 6.44. The molecule has 3 nitrogen and oxygen atoms in total. The molecular weight excluding hydrogens is 222 g/mol. The monoisotopic (exact) mass is 251 g/mol. The molecule has 1 rings (SSSR count). The molecule has 1 heterocycles. The van der Waals surface area contributed by atoms with Crippen molar-refractivity contribution in [1.29, 1.82) is 0 Å². The van der Waals surface area contributed by atoms with Crippen molar-refractivity contribution in [2.45, 2.75) is 60.5 Å². The highest BCUT2D eigenvalue weighted by Gasteiger charge is 2.19. The number of hydrogen-bond donors (Lipinski definition) is 1. The Kier molecular flexibility index (Phi) is 5.39. The van der Waals surface area contributed by atoms with E-state index in [4.69, 9.17) is 0 Å². The van der Waals surface area contributed by atoms with Crippen LogP contribution in [0.5, 0.6) is 0 Å². The van der Waals surface area contributed by atoms with Crippen molar-refractivity contribution in [3.05, 3.63) is 18.0 Å². The van der Waals surface area contributed by atoms with Crippen molar-refractivity contribution in [1.82, 2.24) is 15.1 Å². The van der Waals surface area contributed by atoms with Gasteiger partial charge in [-0.25, -0.2) is 0 Å². The molecule has 0 spiro atoms. The molecule has 0 aromatic carbocycles. The molecule has 1 aromatic heterocycles. The zero-order chi connectivity index (χ0) is 13.8. The first-order valence-electron chi connectivity index (χ1n) is 7.09. The smallest absolute Gasteiger partial charge is 0.0762 e. The van der Waals surface area contributed by atoms with Gasteiger partial charge in [0.05, 0.1) is 5.69 Å². The zero-order valence-corrected chi connectivity index (χ0v) is 12.8. The van der Waals surface area contributed by atoms with Crippen LogP contribution in [0.4, 0.5) is 0 Å². The van der Waals surface area contributed by atoms with Crippen molar-refractivity contribution >= 4 is 0 Å². The van der Waals surface area contributed by atoms with Gasteiger partial charge in [0.2, 0.25) is 0 Å². The van der Waals surface area contributed by atoms with Crippen LogP contribution in [0.3, 0.4) is 0 Å². The first kappa shape index (κ1) is 15.2. The summed E-state index contributed by atoms with van der Waals surface area (Å²) < 4.78 is 2.06. The number of nitrogens with zero attached hydrogens (tertiary/aromatic N) is 2. The van der Waals surface area contributed by atoms with Gasteiger partial charge in [0, 0.05) is 18.8 Å². The molecule has 3 heteroatoms. The summed E-state index contributed by atoms with van der Waals surface area (Å²) in [5.41, 5.74) is 1.50. The fraction of sp³-hybridized carbons (Fsp3) is 0.800. The minimum Gasteiger partial charge on any atom is -0.311 e. The van der Waals surface area contributed by atoms with Gasteiger partial charge in [0.1, 0.15) is 0 Å². The van der Waals surface area contributed by atoms with Crippen molar-refractivity contribution in [2.24, 2.45) is 11.3 Å². The minimum absolute atomic E-state index is 0.364. The summed E-state index contributed by atoms with van der Waals surface area (Å²) in [4.78, 5) is 0. The zero-order valence-electron chi connectivity index (χ0n) is 12.8. The van der Waals surface area contributed by atoms with Crippen LogP contribution in [-0.4, -0.2) is 16.3 Å². The third-order valence-electron chi connectivity index (χ3n) is 3.94. The lowest BCUT2D eigenvalue weighted by Gasteiger charge is -2.27. The molecule has 1 N–H and O–H groups in total. The highest BCUT2D eigenvalue weighted by Crippen LogP contribution is 2.24. The molecule has 0 fully saturated rings. The van der Waals surface area contributed by atoms with Crippen LogP contribution < -0.4 is 5.32 Å². The van der Waals surface area contributed by atoms with Gasteiger partial charge in [0.15, 0.2) is 0 Å². The minimum atomic E-state index is 0.364. The van der Waals surface area contributed by atoms with Crippen molar-refractivity contribution in [3.63, 3.8) is 0 Å². The predicted octanol–water partition coefficient (Wildman–Crippen LogP) is 3.63. The lowest BCUT2D eigenvalue weighted by Crippen LogP contribution is -2.29. The van der Waals surface area contributed by atoms with E-state index in [9.17, 15) is 0 Å². The van der Waals surface area contributed by atoms with Crippen molar-refractivity contribution in [3.8, 4) is 0 Å². The summed E-state index contributed by atoms with van der Waals surface area (Å²) in [6, 6.07) is 2.60. The van der Waals surface area contributed by atoms with E-state index >= 15 is 0 Å². The number of hydrogen-bond acceptors (Lipinski definition) is 2. The second-order valence-electron chi connectivity index (χ2n) is 6.44. The highest BCUT2D eigenvalue weighted by molar-refractivity contribution is 4.99. The molecule has 0 saturated carbocycles. The lowest BCUT2D eigenvalue weighted by molar-refractivity contribution is 0.252. The summed E-state index contributed by atoms with van der Waals surface area (Å²) in [6.07, 6.45) is 3.20. The summed E-state index contributed by atoms with van der Waals surface area (Å²) in [7, 11) is 0. The molecule has 0 aliphatic heterocycles. The molecule has 18 heavy (non-hydrogen) atoms. The van der Waals surface area contributed by atoms with Gasteiger partial charge in [-0.3, -0.25) is 4.68 Å². The van der Waals surface area contributed by atoms with Crippen LogP contribution in [0.15, 0.2) is 12.3 Å². The Morgan fingerprint density at radius 1 is 1.33 bits per heavy atom. The van der Waals surface area contributed by atoms with Gasteiger partial charge in [-0.15, -0.1) is 0 Å². The third kappa shape index (κ3) is 4.45. The Morgan fingerprint density at radius 2 is 2.00 bits per heavy atom. The molecule has 0 saturated heterocycles. The predicted molar refractivity (Wildman–Crippen MR) is 77.6 cm³/mol. The molecular formula is C15H29N3. The molecule has 0 aliphatic carbocycles. The molecule has 2 unspecified atom stereocenters. The quantitative estimate of drug-likeness (QED) is 0.836. The molecule has 0 aliphatic rings. The molecule has 1 aromatic rings. The van der Waals surface area contributed by atoms with Gasteiger partial charge < -0.3 is 5.32 Å². The van der Waals surface area contributed by atoms with Crippen LogP contribution in [0.1, 0.15) is 59.7 Å². The summed E-state index contributed by atoms with van der Waals surface area (Å²) in [6.45, 7) is 15.5. The second kappa shape index (κ2) is 6.37. The van der Waals surface area contributed by atoms with E-state index in [2.05, 4.69) is 68.9 Å². The van der Waals surface area contributed by atoms with Gasteiger partial charge in [-0.05, 0) is 37.3 Å². The fourth-order valence-electron chi connectivity index (χ4n) is 1.63. The van der Waals surface area contributed by atoms with E-state index in [1.54, 1.807) is 0 Å². The summed E-state index contributed by atoms with van der Waals surface area (Å²) in [5.74, 6) is 0.661. The van der Waals surface area contributed by atoms with Crippen LogP contribution >= 0.6 is 0 Å². The van der Waals surface area contributed by atoms with Crippen molar-refractivity contribution < 1.29 is 0 Å². The topological polar surface area (TPSA) is 29.9 Å². The standard InChI is InChI=1S/C15H29N3/c1-7-13(3)18-9-8-14(17-18)11-16-10-12(2)15(4,5)6/h8-9,12-13,16H,7,10-11H2,1-6H3. The molecule has 0 radical (unpaired) electrons. The van der Waals surface area contributed by atoms with E-state index in [0.29, 0.717) is 17.4 Å². The number of aromatic nitrogens is 2. The van der Waals surface area contributed by atoms with E-state index in [-0.39, 0.29) is 0 Å². The lowest BCUT2D eigenvalue weighted by atomic mass is 9.82. The van der Waals surface area contributed by atoms with Crippen LogP contribution in [0.2, 0.25) is 0 Å². The van der Waals surface area contributed by atoms with Crippen molar-refractivity contribution in [2.75, 3.05) is 6.54 Å². The molecule has 104 valence electrons. The van der Waals surface area contributed by atoms with Gasteiger partial charge >= 0.3 is 0 Å². The number of rotatable bonds is 6. The summed E-state index contributed by atoms with van der Waals surface area (Å²) >= 11 is 0. The first-order valence-corrected chi connectivity index (χ1v) is 7.09. The van der Waals surface area contributed by atoms with E-state index in [1.165, 1.54) is 0 Å². The normalized spacial score (nSPS) is 15.7. The average molecular weight is 251 g/mol. The maximum Gasteiger partial charge on any atom is 0.0762 e. The Bertz CT molecular complexity index is 349. The Morgan fingerprint density at radius 3 is 2.56 bits per heavy atom. The Balaban J connectivity index is 2.38.